The first-order valence-electron chi connectivity index (χ1n) is 9.20. The summed E-state index contributed by atoms with van der Waals surface area (Å²) in [5.41, 5.74) is 1.41. The summed E-state index contributed by atoms with van der Waals surface area (Å²) in [5, 5.41) is 8.88. The van der Waals surface area contributed by atoms with Crippen molar-refractivity contribution in [1.29, 1.82) is 0 Å². The Morgan fingerprint density at radius 2 is 1.60 bits per heavy atom. The van der Waals surface area contributed by atoms with Crippen LogP contribution in [-0.4, -0.2) is 22.4 Å². The van der Waals surface area contributed by atoms with Gasteiger partial charge in [-0.2, -0.15) is 18.2 Å². The zero-order valence-electron chi connectivity index (χ0n) is 16.3. The average Bonchev–Trinajstić information content (AvgIpc) is 2.69. The van der Waals surface area contributed by atoms with Crippen LogP contribution in [0.2, 0.25) is 0 Å². The van der Waals surface area contributed by atoms with Crippen molar-refractivity contribution in [3.05, 3.63) is 71.4 Å². The normalized spacial score (nSPS) is 11.1. The second-order valence-corrected chi connectivity index (χ2v) is 6.48. The molecule has 0 fully saturated rings. The summed E-state index contributed by atoms with van der Waals surface area (Å²) >= 11 is 0. The molecule has 0 saturated heterocycles. The van der Waals surface area contributed by atoms with E-state index < -0.39 is 17.6 Å². The molecule has 0 spiro atoms. The minimum absolute atomic E-state index is 0.137. The quantitative estimate of drug-likeness (QED) is 0.514. The van der Waals surface area contributed by atoms with E-state index >= 15 is 0 Å². The molecular formula is C21H20F3N5O. The fraction of sp³-hybridized carbons (Fsp3) is 0.190. The molecule has 156 valence electrons. The van der Waals surface area contributed by atoms with Crippen LogP contribution >= 0.6 is 0 Å². The fourth-order valence-electron chi connectivity index (χ4n) is 2.67. The molecule has 0 atom stereocenters. The predicted molar refractivity (Wildman–Crippen MR) is 110 cm³/mol. The SMILES string of the molecule is CCNc1nc(C)cc(Nc2ccc(NC(=O)c3ccc(C(F)(F)F)cc3)cc2)n1. The van der Waals surface area contributed by atoms with E-state index in [9.17, 15) is 18.0 Å². The minimum atomic E-state index is -4.44. The highest BCUT2D eigenvalue weighted by Crippen LogP contribution is 2.29. The number of nitrogens with zero attached hydrogens (tertiary/aromatic N) is 2. The minimum Gasteiger partial charge on any atom is -0.354 e. The maximum Gasteiger partial charge on any atom is 0.416 e. The number of aromatic nitrogens is 2. The van der Waals surface area contributed by atoms with Crippen LogP contribution in [0.25, 0.3) is 0 Å². The summed E-state index contributed by atoms with van der Waals surface area (Å²) in [6.45, 7) is 4.53. The van der Waals surface area contributed by atoms with Gasteiger partial charge >= 0.3 is 6.18 Å². The molecule has 2 aromatic carbocycles. The molecule has 1 amide bonds. The maximum absolute atomic E-state index is 12.6. The van der Waals surface area contributed by atoms with Gasteiger partial charge in [-0.05, 0) is 62.4 Å². The van der Waals surface area contributed by atoms with Gasteiger partial charge in [0.25, 0.3) is 5.91 Å². The third-order valence-corrected chi connectivity index (χ3v) is 4.08. The largest absolute Gasteiger partial charge is 0.416 e. The van der Waals surface area contributed by atoms with Gasteiger partial charge in [-0.15, -0.1) is 0 Å². The van der Waals surface area contributed by atoms with Crippen molar-refractivity contribution in [3.63, 3.8) is 0 Å². The lowest BCUT2D eigenvalue weighted by Crippen LogP contribution is -2.12. The number of halogens is 3. The van der Waals surface area contributed by atoms with E-state index in [1.165, 1.54) is 0 Å². The monoisotopic (exact) mass is 415 g/mol. The molecule has 0 saturated carbocycles. The number of benzene rings is 2. The first-order chi connectivity index (χ1) is 14.2. The van der Waals surface area contributed by atoms with Gasteiger partial charge in [-0.25, -0.2) is 4.98 Å². The number of amides is 1. The molecule has 3 N–H and O–H groups in total. The van der Waals surface area contributed by atoms with Crippen molar-refractivity contribution in [1.82, 2.24) is 9.97 Å². The van der Waals surface area contributed by atoms with Crippen molar-refractivity contribution < 1.29 is 18.0 Å². The summed E-state index contributed by atoms with van der Waals surface area (Å²) in [5.74, 6) is 0.659. The summed E-state index contributed by atoms with van der Waals surface area (Å²) in [6, 6.07) is 12.7. The molecule has 0 radical (unpaired) electrons. The maximum atomic E-state index is 12.6. The predicted octanol–water partition coefficient (Wildman–Crippen LogP) is 5.23. The van der Waals surface area contributed by atoms with Crippen molar-refractivity contribution >= 4 is 29.0 Å². The second-order valence-electron chi connectivity index (χ2n) is 6.48. The molecule has 6 nitrogen and oxygen atoms in total. The summed E-state index contributed by atoms with van der Waals surface area (Å²) in [4.78, 5) is 20.9. The molecule has 1 aromatic heterocycles. The zero-order chi connectivity index (χ0) is 21.7. The summed E-state index contributed by atoms with van der Waals surface area (Å²) in [6.07, 6.45) is -4.44. The van der Waals surface area contributed by atoms with Crippen LogP contribution in [-0.2, 0) is 6.18 Å². The van der Waals surface area contributed by atoms with E-state index in [-0.39, 0.29) is 5.56 Å². The molecule has 0 bridgehead atoms. The highest BCUT2D eigenvalue weighted by molar-refractivity contribution is 6.04. The Kier molecular flexibility index (Phi) is 6.20. The number of hydrogen-bond acceptors (Lipinski definition) is 5. The smallest absolute Gasteiger partial charge is 0.354 e. The number of carbonyl (C=O) groups excluding carboxylic acids is 1. The van der Waals surface area contributed by atoms with Gasteiger partial charge in [-0.1, -0.05) is 0 Å². The zero-order valence-corrected chi connectivity index (χ0v) is 16.3. The summed E-state index contributed by atoms with van der Waals surface area (Å²) < 4.78 is 37.9. The van der Waals surface area contributed by atoms with E-state index in [2.05, 4.69) is 25.9 Å². The lowest BCUT2D eigenvalue weighted by atomic mass is 10.1. The van der Waals surface area contributed by atoms with Crippen LogP contribution in [0.15, 0.2) is 54.6 Å². The van der Waals surface area contributed by atoms with E-state index in [4.69, 9.17) is 0 Å². The number of alkyl halides is 3. The molecule has 0 aliphatic carbocycles. The van der Waals surface area contributed by atoms with Gasteiger partial charge in [0.2, 0.25) is 5.95 Å². The van der Waals surface area contributed by atoms with Crippen molar-refractivity contribution in [2.45, 2.75) is 20.0 Å². The van der Waals surface area contributed by atoms with Crippen LogP contribution in [0.3, 0.4) is 0 Å². The lowest BCUT2D eigenvalue weighted by Gasteiger charge is -2.11. The third-order valence-electron chi connectivity index (χ3n) is 4.08. The van der Waals surface area contributed by atoms with Crippen LogP contribution in [0.5, 0.6) is 0 Å². The summed E-state index contributed by atoms with van der Waals surface area (Å²) in [7, 11) is 0. The molecule has 1 heterocycles. The number of rotatable bonds is 6. The number of hydrogen-bond donors (Lipinski definition) is 3. The van der Waals surface area contributed by atoms with Crippen molar-refractivity contribution in [2.24, 2.45) is 0 Å². The van der Waals surface area contributed by atoms with E-state index in [0.717, 1.165) is 35.6 Å². The van der Waals surface area contributed by atoms with Crippen molar-refractivity contribution in [3.8, 4) is 0 Å². The lowest BCUT2D eigenvalue weighted by molar-refractivity contribution is -0.137. The standard InChI is InChI=1S/C21H20F3N5O/c1-3-25-20-26-13(2)12-18(29-20)27-16-8-10-17(11-9-16)28-19(30)14-4-6-15(7-5-14)21(22,23)24/h4-12H,3H2,1-2H3,(H,28,30)(H2,25,26,27,29). The molecule has 9 heteroatoms. The van der Waals surface area contributed by atoms with Gasteiger partial charge in [0.1, 0.15) is 5.82 Å². The fourth-order valence-corrected chi connectivity index (χ4v) is 2.67. The molecule has 0 unspecified atom stereocenters. The van der Waals surface area contributed by atoms with E-state index in [0.29, 0.717) is 24.0 Å². The first kappa shape index (κ1) is 21.1. The van der Waals surface area contributed by atoms with E-state index in [1.54, 1.807) is 30.3 Å². The van der Waals surface area contributed by atoms with E-state index in [1.807, 2.05) is 13.8 Å². The number of aryl methyl sites for hydroxylation is 1. The number of anilines is 4. The highest BCUT2D eigenvalue weighted by atomic mass is 19.4. The first-order valence-corrected chi connectivity index (χ1v) is 9.20. The Balaban J connectivity index is 1.65. The molecule has 0 aliphatic rings. The van der Waals surface area contributed by atoms with Gasteiger partial charge in [-0.3, -0.25) is 4.79 Å². The van der Waals surface area contributed by atoms with Crippen LogP contribution in [0, 0.1) is 6.92 Å². The highest BCUT2D eigenvalue weighted by Gasteiger charge is 2.30. The molecule has 30 heavy (non-hydrogen) atoms. The Morgan fingerprint density at radius 3 is 2.20 bits per heavy atom. The Labute approximate surface area is 171 Å². The second kappa shape index (κ2) is 8.81. The van der Waals surface area contributed by atoms with Crippen molar-refractivity contribution in [2.75, 3.05) is 22.5 Å². The Bertz CT molecular complexity index is 1020. The Hall–Kier alpha value is -3.62. The Morgan fingerprint density at radius 1 is 0.967 bits per heavy atom. The van der Waals surface area contributed by atoms with Gasteiger partial charge in [0.05, 0.1) is 5.56 Å². The molecular weight excluding hydrogens is 395 g/mol. The molecule has 3 rings (SSSR count). The van der Waals surface area contributed by atoms with Crippen LogP contribution in [0.4, 0.5) is 36.3 Å². The molecule has 3 aromatic rings. The van der Waals surface area contributed by atoms with Gasteiger partial charge < -0.3 is 16.0 Å². The van der Waals surface area contributed by atoms with Crippen LogP contribution < -0.4 is 16.0 Å². The third kappa shape index (κ3) is 5.47. The number of nitrogens with one attached hydrogen (secondary N) is 3. The van der Waals surface area contributed by atoms with Gasteiger partial charge in [0, 0.05) is 35.2 Å². The topological polar surface area (TPSA) is 78.9 Å². The van der Waals surface area contributed by atoms with Crippen LogP contribution in [0.1, 0.15) is 28.5 Å². The molecule has 0 aliphatic heterocycles. The van der Waals surface area contributed by atoms with Gasteiger partial charge in [0.15, 0.2) is 0 Å². The average molecular weight is 415 g/mol. The number of carbonyl (C=O) groups is 1.